The number of hydrogen-bond donors (Lipinski definition) is 3. The van der Waals surface area contributed by atoms with E-state index in [1.165, 1.54) is 8.99 Å². The average Bonchev–Trinajstić information content (AvgIpc) is 3.24. The Bertz CT molecular complexity index is 1590. The number of fused-ring (bicyclic) bond motifs is 1. The third-order valence-electron chi connectivity index (χ3n) is 5.98. The molecule has 3 aromatic rings. The summed E-state index contributed by atoms with van der Waals surface area (Å²) in [5.41, 5.74) is 6.52. The van der Waals surface area contributed by atoms with Crippen LogP contribution in [-0.2, 0) is 33.9 Å². The van der Waals surface area contributed by atoms with Crippen LogP contribution in [0.25, 0.3) is 22.4 Å². The molecule has 3 heterocycles. The number of nitrogens with two attached hydrogens (primary N) is 1. The van der Waals surface area contributed by atoms with E-state index in [4.69, 9.17) is 38.1 Å². The van der Waals surface area contributed by atoms with Crippen LogP contribution in [0.4, 0.5) is 0 Å². The van der Waals surface area contributed by atoms with Gasteiger partial charge in [0.25, 0.3) is 5.56 Å². The van der Waals surface area contributed by atoms with E-state index in [1.807, 2.05) is 20.9 Å². The van der Waals surface area contributed by atoms with Crippen molar-refractivity contribution < 1.29 is 35.8 Å². The van der Waals surface area contributed by atoms with E-state index in [2.05, 4.69) is 15.0 Å². The Balaban J connectivity index is 0.000000600. The first kappa shape index (κ1) is 35.2. The highest BCUT2D eigenvalue weighted by Gasteiger charge is 2.29. The largest absolute Gasteiger partial charge is 0.759 e. The molecule has 2 aromatic heterocycles. The zero-order valence-corrected chi connectivity index (χ0v) is 25.6. The summed E-state index contributed by atoms with van der Waals surface area (Å²) in [6, 6.07) is 4.71. The second-order valence-corrected chi connectivity index (χ2v) is 11.9. The Morgan fingerprint density at radius 1 is 1.10 bits per heavy atom. The monoisotopic (exact) mass is 631 g/mol. The summed E-state index contributed by atoms with van der Waals surface area (Å²) in [6.07, 6.45) is 1.54. The highest BCUT2D eigenvalue weighted by Crippen LogP contribution is 2.32. The second-order valence-electron chi connectivity index (χ2n) is 9.15. The van der Waals surface area contributed by atoms with E-state index in [-0.39, 0.29) is 22.9 Å². The van der Waals surface area contributed by atoms with Crippen molar-refractivity contribution in [2.24, 2.45) is 12.8 Å². The smallest absolute Gasteiger partial charge is 0.277 e. The lowest BCUT2D eigenvalue weighted by Gasteiger charge is -2.31. The molecule has 1 aliphatic rings. The highest BCUT2D eigenvalue weighted by molar-refractivity contribution is 7.89. The quantitative estimate of drug-likeness (QED) is 0.204. The number of piperazine rings is 1. The number of sulfonamides is 1. The van der Waals surface area contributed by atoms with Crippen LogP contribution in [0.2, 0.25) is 0 Å². The third kappa shape index (κ3) is 9.53. The van der Waals surface area contributed by atoms with E-state index in [1.54, 1.807) is 25.2 Å². The maximum Gasteiger partial charge on any atom is 0.277 e. The number of aliphatic hydroxyl groups is 1. The van der Waals surface area contributed by atoms with Gasteiger partial charge in [-0.1, -0.05) is 13.3 Å². The van der Waals surface area contributed by atoms with Crippen LogP contribution >= 0.6 is 0 Å². The van der Waals surface area contributed by atoms with Crippen molar-refractivity contribution in [1.29, 1.82) is 0 Å². The van der Waals surface area contributed by atoms with Crippen LogP contribution in [0.5, 0.6) is 5.75 Å². The van der Waals surface area contributed by atoms with E-state index in [0.717, 1.165) is 12.1 Å². The molecular weight excluding hydrogens is 594 g/mol. The minimum Gasteiger partial charge on any atom is -0.759 e. The molecule has 0 unspecified atom stereocenters. The lowest BCUT2D eigenvalue weighted by atomic mass is 10.1. The van der Waals surface area contributed by atoms with Crippen LogP contribution in [0, 0.1) is 0 Å². The van der Waals surface area contributed by atoms with E-state index in [0.29, 0.717) is 68.1 Å². The second kappa shape index (κ2) is 15.5. The summed E-state index contributed by atoms with van der Waals surface area (Å²) in [7, 11) is -5.17. The number of hydrogen-bond acceptors (Lipinski definition) is 13. The molecule has 236 valence electrons. The Kier molecular flexibility index (Phi) is 13.0. The molecule has 1 fully saturated rings. The zero-order valence-electron chi connectivity index (χ0n) is 23.9. The molecule has 0 aliphatic carbocycles. The van der Waals surface area contributed by atoms with Crippen LogP contribution in [-0.4, -0.2) is 113 Å². The van der Waals surface area contributed by atoms with Crippen LogP contribution in [0.3, 0.4) is 0 Å². The molecular formula is C24H37N7O9S2-2. The summed E-state index contributed by atoms with van der Waals surface area (Å²) in [5, 5.41) is 12.2. The number of likely N-dealkylation sites (N-methyl/N-ethyl adjacent to an activating group) is 1. The Morgan fingerprint density at radius 3 is 2.21 bits per heavy atom. The van der Waals surface area contributed by atoms with Crippen molar-refractivity contribution in [3.63, 3.8) is 0 Å². The van der Waals surface area contributed by atoms with Crippen molar-refractivity contribution in [3.8, 4) is 17.1 Å². The molecule has 0 saturated carbocycles. The van der Waals surface area contributed by atoms with E-state index < -0.39 is 20.4 Å². The molecule has 1 aromatic carbocycles. The van der Waals surface area contributed by atoms with Crippen molar-refractivity contribution in [1.82, 2.24) is 29.0 Å². The number of aromatic nitrogens is 4. The highest BCUT2D eigenvalue weighted by atomic mass is 32.3. The standard InChI is InChI=1S/C22H30N6O4S.C2H7NO.H2O4S/c1-5-7-17-19-20(27(4)25-17)22(29)24-21(23-19)16-14-15(8-9-18(16)32-6-2)33(30,31)28-12-10-26(3)11-13-28;3-1-2-4;1-5(2,3)4/h8-9,14H,5-7,10-13H2,1-4H3,(H,23,24,29);4H,1-3H2;(H2,1,2,3,4)/p-2. The van der Waals surface area contributed by atoms with Gasteiger partial charge in [0.15, 0.2) is 5.52 Å². The first-order valence-corrected chi connectivity index (χ1v) is 15.8. The number of aryl methyl sites for hydroxylation is 2. The molecule has 16 nitrogen and oxygen atoms in total. The number of rotatable bonds is 8. The summed E-state index contributed by atoms with van der Waals surface area (Å²) in [6.45, 7) is 6.95. The first-order valence-electron chi connectivity index (χ1n) is 13.1. The van der Waals surface area contributed by atoms with Crippen molar-refractivity contribution in [2.75, 3.05) is 53.0 Å². The molecule has 1 aliphatic heterocycles. The summed E-state index contributed by atoms with van der Waals surface area (Å²) < 4.78 is 69.5. The Hall–Kier alpha value is -2.97. The molecule has 0 amide bonds. The van der Waals surface area contributed by atoms with E-state index in [9.17, 15) is 13.2 Å². The van der Waals surface area contributed by atoms with Gasteiger partial charge >= 0.3 is 0 Å². The molecule has 4 N–H and O–H groups in total. The number of aliphatic hydroxyl groups excluding tert-OH is 1. The number of nitrogens with one attached hydrogen (secondary N) is 1. The van der Waals surface area contributed by atoms with Gasteiger partial charge in [-0.2, -0.15) is 9.40 Å². The maximum absolute atomic E-state index is 13.3. The first-order chi connectivity index (χ1) is 19.7. The van der Waals surface area contributed by atoms with Gasteiger partial charge in [0.2, 0.25) is 10.0 Å². The number of H-pyrrole nitrogens is 1. The predicted molar refractivity (Wildman–Crippen MR) is 153 cm³/mol. The summed E-state index contributed by atoms with van der Waals surface area (Å²) in [5.74, 6) is 0.718. The van der Waals surface area contributed by atoms with Crippen molar-refractivity contribution in [3.05, 3.63) is 34.2 Å². The number of ether oxygens (including phenoxy) is 1. The van der Waals surface area contributed by atoms with Gasteiger partial charge in [0.1, 0.15) is 17.1 Å². The van der Waals surface area contributed by atoms with Gasteiger partial charge in [-0.05, 0) is 38.6 Å². The summed E-state index contributed by atoms with van der Waals surface area (Å²) in [4.78, 5) is 22.7. The van der Waals surface area contributed by atoms with Crippen LogP contribution < -0.4 is 16.0 Å². The SMILES string of the molecule is CCCc1nn(C)c2c(=O)[nH]c(-c3cc(S(=O)(=O)N4CCN(C)CC4)ccc3OCC)nc12.NCCO.O=S(=O)([O-])[O-]. The minimum absolute atomic E-state index is 0.0972. The topological polar surface area (TPSA) is 240 Å². The predicted octanol–water partition coefficient (Wildman–Crippen LogP) is -0.790. The number of aromatic amines is 1. The summed E-state index contributed by atoms with van der Waals surface area (Å²) >= 11 is 0. The third-order valence-corrected chi connectivity index (χ3v) is 7.88. The Labute approximate surface area is 244 Å². The Morgan fingerprint density at radius 2 is 1.69 bits per heavy atom. The minimum atomic E-state index is -5.17. The van der Waals surface area contributed by atoms with Crippen molar-refractivity contribution >= 4 is 31.5 Å². The van der Waals surface area contributed by atoms with Gasteiger partial charge in [0.05, 0.1) is 29.4 Å². The lowest BCUT2D eigenvalue weighted by molar-refractivity contribution is 0.222. The fourth-order valence-corrected chi connectivity index (χ4v) is 5.54. The number of benzene rings is 1. The van der Waals surface area contributed by atoms with Crippen molar-refractivity contribution in [2.45, 2.75) is 31.6 Å². The van der Waals surface area contributed by atoms with Gasteiger partial charge < -0.3 is 34.6 Å². The number of nitrogens with zero attached hydrogens (tertiary/aromatic N) is 5. The maximum atomic E-state index is 13.3. The molecule has 18 heteroatoms. The molecule has 0 bridgehead atoms. The molecule has 0 atom stereocenters. The molecule has 0 radical (unpaired) electrons. The lowest BCUT2D eigenvalue weighted by Crippen LogP contribution is -2.47. The van der Waals surface area contributed by atoms with E-state index >= 15 is 0 Å². The molecule has 1 saturated heterocycles. The van der Waals surface area contributed by atoms with Crippen LogP contribution in [0.15, 0.2) is 27.9 Å². The normalized spacial score (nSPS) is 14.6. The van der Waals surface area contributed by atoms with Gasteiger partial charge in [0, 0.05) is 50.2 Å². The van der Waals surface area contributed by atoms with Gasteiger partial charge in [-0.25, -0.2) is 13.4 Å². The zero-order chi connectivity index (χ0) is 31.7. The molecule has 0 spiro atoms. The fourth-order valence-electron chi connectivity index (χ4n) is 4.09. The van der Waals surface area contributed by atoms with Gasteiger partial charge in [-0.15, -0.1) is 0 Å². The van der Waals surface area contributed by atoms with Crippen LogP contribution in [0.1, 0.15) is 26.0 Å². The molecule has 4 rings (SSSR count). The van der Waals surface area contributed by atoms with Gasteiger partial charge in [-0.3, -0.25) is 17.9 Å². The molecule has 42 heavy (non-hydrogen) atoms. The fraction of sp³-hybridized carbons (Fsp3) is 0.542. The average molecular weight is 632 g/mol.